The molecule has 0 bridgehead atoms. The van der Waals surface area contributed by atoms with E-state index in [1.54, 1.807) is 11.8 Å². The minimum absolute atomic E-state index is 0.0460. The number of ether oxygens (including phenoxy) is 1. The number of nitrogens with zero attached hydrogens (tertiary/aromatic N) is 1. The summed E-state index contributed by atoms with van der Waals surface area (Å²) in [5.74, 6) is 0.252. The molecule has 2 atom stereocenters. The lowest BCUT2D eigenvalue weighted by Gasteiger charge is -2.42. The molecule has 0 aromatic heterocycles. The Morgan fingerprint density at radius 1 is 1.41 bits per heavy atom. The molecule has 1 aromatic rings. The number of amides is 2. The molecule has 1 aliphatic rings. The van der Waals surface area contributed by atoms with Gasteiger partial charge in [0.25, 0.3) is 0 Å². The quantitative estimate of drug-likeness (QED) is 0.851. The molecule has 1 aromatic carbocycles. The topological polar surface area (TPSA) is 78.9 Å². The Bertz CT molecular complexity index is 530. The summed E-state index contributed by atoms with van der Waals surface area (Å²) in [5.41, 5.74) is -1.14. The Hall–Kier alpha value is -2.08. The van der Waals surface area contributed by atoms with Gasteiger partial charge in [-0.15, -0.1) is 0 Å². The van der Waals surface area contributed by atoms with Gasteiger partial charge < -0.3 is 20.1 Å². The van der Waals surface area contributed by atoms with Gasteiger partial charge in [0.2, 0.25) is 11.8 Å². The number of hydrogen-bond acceptors (Lipinski definition) is 4. The van der Waals surface area contributed by atoms with E-state index in [1.165, 1.54) is 6.92 Å². The van der Waals surface area contributed by atoms with E-state index in [1.807, 2.05) is 30.3 Å². The van der Waals surface area contributed by atoms with Crippen LogP contribution in [0.3, 0.4) is 0 Å². The maximum absolute atomic E-state index is 12.0. The number of para-hydroxylation sites is 1. The Balaban J connectivity index is 1.94. The zero-order valence-corrected chi connectivity index (χ0v) is 12.9. The van der Waals surface area contributed by atoms with E-state index in [0.29, 0.717) is 18.7 Å². The number of carbonyl (C=O) groups is 2. The van der Waals surface area contributed by atoms with Crippen molar-refractivity contribution in [2.75, 3.05) is 19.6 Å². The van der Waals surface area contributed by atoms with E-state index in [0.717, 1.165) is 0 Å². The highest BCUT2D eigenvalue weighted by molar-refractivity contribution is 5.83. The van der Waals surface area contributed by atoms with Crippen molar-refractivity contribution in [1.82, 2.24) is 10.2 Å². The molecule has 0 aliphatic carbocycles. The van der Waals surface area contributed by atoms with Gasteiger partial charge in [0.15, 0.2) is 0 Å². The lowest BCUT2D eigenvalue weighted by Crippen LogP contribution is -2.59. The molecule has 0 radical (unpaired) electrons. The summed E-state index contributed by atoms with van der Waals surface area (Å²) in [6.45, 7) is 3.66. The Kier molecular flexibility index (Phi) is 5.03. The monoisotopic (exact) mass is 306 g/mol. The van der Waals surface area contributed by atoms with Crippen molar-refractivity contribution in [2.45, 2.75) is 32.0 Å². The van der Waals surface area contributed by atoms with Gasteiger partial charge in [0.05, 0.1) is 13.1 Å². The minimum atomic E-state index is -1.14. The van der Waals surface area contributed by atoms with Gasteiger partial charge in [0, 0.05) is 19.9 Å². The first-order valence-electron chi connectivity index (χ1n) is 7.35. The van der Waals surface area contributed by atoms with Crippen LogP contribution in [0.15, 0.2) is 30.3 Å². The third kappa shape index (κ3) is 4.21. The molecule has 2 amide bonds. The van der Waals surface area contributed by atoms with Crippen LogP contribution in [0, 0.1) is 0 Å². The highest BCUT2D eigenvalue weighted by atomic mass is 16.5. The molecule has 2 N–H and O–H groups in total. The average Bonchev–Trinajstić information content (AvgIpc) is 2.47. The number of aliphatic hydroxyl groups is 1. The van der Waals surface area contributed by atoms with Gasteiger partial charge in [-0.2, -0.15) is 0 Å². The highest BCUT2D eigenvalue weighted by Gasteiger charge is 2.41. The summed E-state index contributed by atoms with van der Waals surface area (Å²) in [6.07, 6.45) is 0.160. The first kappa shape index (κ1) is 16.3. The van der Waals surface area contributed by atoms with Crippen molar-refractivity contribution >= 4 is 11.8 Å². The summed E-state index contributed by atoms with van der Waals surface area (Å²) < 4.78 is 5.84. The standard InChI is InChI=1S/C16H22N2O4/c1-12(19)17-10-15(20)18-9-8-14(16(2,21)11-18)22-13-6-4-3-5-7-13/h3-7,14,21H,8-11H2,1-2H3,(H,17,19)/t14-,16-/m0/s1. The normalized spacial score (nSPS) is 24.7. The maximum Gasteiger partial charge on any atom is 0.242 e. The third-order valence-electron chi connectivity index (χ3n) is 3.73. The van der Waals surface area contributed by atoms with E-state index >= 15 is 0 Å². The number of likely N-dealkylation sites (tertiary alicyclic amines) is 1. The molecule has 1 fully saturated rings. The molecular weight excluding hydrogens is 284 g/mol. The number of β-amino-alcohol motifs (C(OH)–C–C–N with tert-alkyl or cyclic N) is 1. The molecule has 22 heavy (non-hydrogen) atoms. The van der Waals surface area contributed by atoms with Crippen LogP contribution in [0.25, 0.3) is 0 Å². The maximum atomic E-state index is 12.0. The van der Waals surface area contributed by atoms with Crippen molar-refractivity contribution < 1.29 is 19.4 Å². The van der Waals surface area contributed by atoms with E-state index in [2.05, 4.69) is 5.32 Å². The van der Waals surface area contributed by atoms with Crippen LogP contribution >= 0.6 is 0 Å². The number of carbonyl (C=O) groups excluding carboxylic acids is 2. The second-order valence-corrected chi connectivity index (χ2v) is 5.79. The van der Waals surface area contributed by atoms with Crippen LogP contribution in [0.4, 0.5) is 0 Å². The predicted molar refractivity (Wildman–Crippen MR) is 81.4 cm³/mol. The van der Waals surface area contributed by atoms with Gasteiger partial charge in [-0.25, -0.2) is 0 Å². The van der Waals surface area contributed by atoms with E-state index in [9.17, 15) is 14.7 Å². The number of hydrogen-bond donors (Lipinski definition) is 2. The Morgan fingerprint density at radius 2 is 2.09 bits per heavy atom. The van der Waals surface area contributed by atoms with Crippen LogP contribution in [-0.2, 0) is 9.59 Å². The molecule has 0 unspecified atom stereocenters. The molecule has 1 heterocycles. The van der Waals surface area contributed by atoms with Crippen LogP contribution in [-0.4, -0.2) is 53.2 Å². The molecule has 6 heteroatoms. The number of benzene rings is 1. The van der Waals surface area contributed by atoms with Gasteiger partial charge in [-0.05, 0) is 19.1 Å². The highest BCUT2D eigenvalue weighted by Crippen LogP contribution is 2.26. The summed E-state index contributed by atoms with van der Waals surface area (Å²) >= 11 is 0. The van der Waals surface area contributed by atoms with E-state index in [-0.39, 0.29) is 31.0 Å². The minimum Gasteiger partial charge on any atom is -0.487 e. The fourth-order valence-electron chi connectivity index (χ4n) is 2.53. The van der Waals surface area contributed by atoms with Crippen LogP contribution in [0.5, 0.6) is 5.75 Å². The van der Waals surface area contributed by atoms with Crippen molar-refractivity contribution in [1.29, 1.82) is 0 Å². The zero-order valence-electron chi connectivity index (χ0n) is 12.9. The SMILES string of the molecule is CC(=O)NCC(=O)N1CC[C@H](Oc2ccccc2)[C@@](C)(O)C1. The zero-order chi connectivity index (χ0) is 16.2. The average molecular weight is 306 g/mol. The summed E-state index contributed by atoms with van der Waals surface area (Å²) in [5, 5.41) is 13.1. The second kappa shape index (κ2) is 6.79. The second-order valence-electron chi connectivity index (χ2n) is 5.79. The lowest BCUT2D eigenvalue weighted by molar-refractivity contribution is -0.145. The lowest BCUT2D eigenvalue weighted by atomic mass is 9.91. The predicted octanol–water partition coefficient (Wildman–Crippen LogP) is 0.553. The number of rotatable bonds is 4. The molecule has 1 aliphatic heterocycles. The fourth-order valence-corrected chi connectivity index (χ4v) is 2.53. The van der Waals surface area contributed by atoms with Gasteiger partial charge in [-0.1, -0.05) is 18.2 Å². The number of piperidine rings is 1. The molecule has 1 saturated heterocycles. The van der Waals surface area contributed by atoms with Gasteiger partial charge in [0.1, 0.15) is 17.5 Å². The molecular formula is C16H22N2O4. The Morgan fingerprint density at radius 3 is 2.68 bits per heavy atom. The first-order chi connectivity index (χ1) is 10.4. The fraction of sp³-hybridized carbons (Fsp3) is 0.500. The Labute approximate surface area is 130 Å². The molecule has 120 valence electrons. The summed E-state index contributed by atoms with van der Waals surface area (Å²) in [7, 11) is 0. The van der Waals surface area contributed by atoms with Gasteiger partial charge in [-0.3, -0.25) is 9.59 Å². The van der Waals surface area contributed by atoms with Crippen LogP contribution in [0.2, 0.25) is 0 Å². The van der Waals surface area contributed by atoms with E-state index in [4.69, 9.17) is 4.74 Å². The molecule has 6 nitrogen and oxygen atoms in total. The van der Waals surface area contributed by atoms with Crippen molar-refractivity contribution in [3.05, 3.63) is 30.3 Å². The smallest absolute Gasteiger partial charge is 0.242 e. The van der Waals surface area contributed by atoms with Crippen LogP contribution in [0.1, 0.15) is 20.3 Å². The summed E-state index contributed by atoms with van der Waals surface area (Å²) in [4.78, 5) is 24.4. The van der Waals surface area contributed by atoms with E-state index < -0.39 is 5.60 Å². The van der Waals surface area contributed by atoms with Crippen molar-refractivity contribution in [3.8, 4) is 5.75 Å². The van der Waals surface area contributed by atoms with Gasteiger partial charge >= 0.3 is 0 Å². The largest absolute Gasteiger partial charge is 0.487 e. The van der Waals surface area contributed by atoms with Crippen LogP contribution < -0.4 is 10.1 Å². The number of nitrogens with one attached hydrogen (secondary N) is 1. The van der Waals surface area contributed by atoms with Crippen molar-refractivity contribution in [3.63, 3.8) is 0 Å². The van der Waals surface area contributed by atoms with Crippen molar-refractivity contribution in [2.24, 2.45) is 0 Å². The molecule has 0 saturated carbocycles. The third-order valence-corrected chi connectivity index (χ3v) is 3.73. The molecule has 2 rings (SSSR count). The summed E-state index contributed by atoms with van der Waals surface area (Å²) in [6, 6.07) is 9.31. The molecule has 0 spiro atoms. The first-order valence-corrected chi connectivity index (χ1v) is 7.35.